The van der Waals surface area contributed by atoms with E-state index in [9.17, 15) is 0 Å². The van der Waals surface area contributed by atoms with Crippen molar-refractivity contribution in [2.24, 2.45) is 0 Å². The van der Waals surface area contributed by atoms with E-state index < -0.39 is 0 Å². The van der Waals surface area contributed by atoms with E-state index in [-0.39, 0.29) is 6.79 Å². The van der Waals surface area contributed by atoms with Gasteiger partial charge in [-0.15, -0.1) is 0 Å². The Morgan fingerprint density at radius 1 is 1.08 bits per heavy atom. The van der Waals surface area contributed by atoms with Crippen LogP contribution in [-0.4, -0.2) is 6.79 Å². The SMILES string of the molecule is C1=CC=C(C2=COCO2)OC=C1. The van der Waals surface area contributed by atoms with Crippen LogP contribution < -0.4 is 0 Å². The molecular weight excluding hydrogens is 156 g/mol. The minimum Gasteiger partial charge on any atom is -0.461 e. The minimum atomic E-state index is 0.267. The van der Waals surface area contributed by atoms with Crippen LogP contribution in [0.5, 0.6) is 0 Å². The van der Waals surface area contributed by atoms with Crippen LogP contribution in [0.1, 0.15) is 0 Å². The number of hydrogen-bond acceptors (Lipinski definition) is 3. The first-order chi connectivity index (χ1) is 5.97. The molecule has 0 saturated carbocycles. The second-order valence-electron chi connectivity index (χ2n) is 2.27. The number of rotatable bonds is 1. The van der Waals surface area contributed by atoms with E-state index in [0.717, 1.165) is 0 Å². The second kappa shape index (κ2) is 3.17. The maximum absolute atomic E-state index is 5.23. The van der Waals surface area contributed by atoms with Gasteiger partial charge in [0, 0.05) is 0 Å². The molecule has 2 aliphatic heterocycles. The Labute approximate surface area is 70.2 Å². The van der Waals surface area contributed by atoms with Crippen LogP contribution in [0.2, 0.25) is 0 Å². The van der Waals surface area contributed by atoms with Crippen molar-refractivity contribution in [1.82, 2.24) is 0 Å². The number of allylic oxidation sites excluding steroid dienone is 4. The zero-order chi connectivity index (χ0) is 8.23. The van der Waals surface area contributed by atoms with E-state index in [0.29, 0.717) is 11.5 Å². The van der Waals surface area contributed by atoms with E-state index in [1.54, 1.807) is 18.6 Å². The molecule has 3 nitrogen and oxygen atoms in total. The summed E-state index contributed by atoms with van der Waals surface area (Å²) in [5, 5.41) is 0. The first-order valence-electron chi connectivity index (χ1n) is 3.62. The lowest BCUT2D eigenvalue weighted by Crippen LogP contribution is -1.92. The largest absolute Gasteiger partial charge is 0.461 e. The number of hydrogen-bond donors (Lipinski definition) is 0. The molecule has 0 aliphatic carbocycles. The molecule has 0 N–H and O–H groups in total. The molecule has 0 amide bonds. The van der Waals surface area contributed by atoms with Gasteiger partial charge in [0.05, 0.1) is 6.26 Å². The summed E-state index contributed by atoms with van der Waals surface area (Å²) in [6, 6.07) is 0. The summed E-state index contributed by atoms with van der Waals surface area (Å²) < 4.78 is 15.3. The zero-order valence-electron chi connectivity index (χ0n) is 6.40. The fourth-order valence-corrected chi connectivity index (χ4v) is 0.915. The normalized spacial score (nSPS) is 20.0. The average molecular weight is 164 g/mol. The molecule has 0 atom stereocenters. The van der Waals surface area contributed by atoms with Gasteiger partial charge in [-0.25, -0.2) is 0 Å². The predicted octanol–water partition coefficient (Wildman–Crippen LogP) is 1.82. The Balaban J connectivity index is 2.17. The van der Waals surface area contributed by atoms with E-state index in [4.69, 9.17) is 14.2 Å². The van der Waals surface area contributed by atoms with Gasteiger partial charge in [0.1, 0.15) is 6.26 Å². The lowest BCUT2D eigenvalue weighted by atomic mass is 10.3. The van der Waals surface area contributed by atoms with E-state index >= 15 is 0 Å². The first-order valence-corrected chi connectivity index (χ1v) is 3.62. The van der Waals surface area contributed by atoms with Crippen LogP contribution in [0.4, 0.5) is 0 Å². The fourth-order valence-electron chi connectivity index (χ4n) is 0.915. The third kappa shape index (κ3) is 1.34. The van der Waals surface area contributed by atoms with Crippen LogP contribution in [0, 0.1) is 0 Å². The molecule has 62 valence electrons. The van der Waals surface area contributed by atoms with E-state index in [2.05, 4.69) is 0 Å². The fraction of sp³-hybridized carbons (Fsp3) is 0.111. The monoisotopic (exact) mass is 164 g/mol. The molecule has 0 spiro atoms. The van der Waals surface area contributed by atoms with Crippen molar-refractivity contribution in [3.8, 4) is 0 Å². The van der Waals surface area contributed by atoms with Crippen molar-refractivity contribution < 1.29 is 14.2 Å². The van der Waals surface area contributed by atoms with Crippen molar-refractivity contribution in [3.05, 3.63) is 48.3 Å². The van der Waals surface area contributed by atoms with Crippen molar-refractivity contribution in [3.63, 3.8) is 0 Å². The molecule has 2 heterocycles. The van der Waals surface area contributed by atoms with Gasteiger partial charge < -0.3 is 14.2 Å². The average Bonchev–Trinajstić information content (AvgIpc) is 2.48. The summed E-state index contributed by atoms with van der Waals surface area (Å²) >= 11 is 0. The molecule has 0 bridgehead atoms. The Bertz CT molecular complexity index is 284. The molecule has 0 unspecified atom stereocenters. The Morgan fingerprint density at radius 3 is 2.92 bits per heavy atom. The van der Waals surface area contributed by atoms with Crippen LogP contribution in [0.3, 0.4) is 0 Å². The van der Waals surface area contributed by atoms with E-state index in [1.165, 1.54) is 0 Å². The molecule has 0 saturated heterocycles. The Hall–Kier alpha value is -1.64. The molecule has 0 radical (unpaired) electrons. The summed E-state index contributed by atoms with van der Waals surface area (Å²) in [6.07, 6.45) is 10.5. The van der Waals surface area contributed by atoms with Crippen molar-refractivity contribution in [2.75, 3.05) is 6.79 Å². The molecule has 0 aromatic heterocycles. The van der Waals surface area contributed by atoms with E-state index in [1.807, 2.05) is 18.2 Å². The van der Waals surface area contributed by atoms with Crippen molar-refractivity contribution in [2.45, 2.75) is 0 Å². The maximum Gasteiger partial charge on any atom is 0.230 e. The maximum atomic E-state index is 5.23. The minimum absolute atomic E-state index is 0.267. The molecule has 0 fully saturated rings. The van der Waals surface area contributed by atoms with Gasteiger partial charge >= 0.3 is 0 Å². The van der Waals surface area contributed by atoms with Gasteiger partial charge in [0.15, 0.2) is 5.76 Å². The van der Waals surface area contributed by atoms with Crippen molar-refractivity contribution in [1.29, 1.82) is 0 Å². The summed E-state index contributed by atoms with van der Waals surface area (Å²) in [5.74, 6) is 1.30. The van der Waals surface area contributed by atoms with Crippen LogP contribution >= 0.6 is 0 Å². The summed E-state index contributed by atoms with van der Waals surface area (Å²) in [6.45, 7) is 0.267. The molecular formula is C9H8O3. The van der Waals surface area contributed by atoms with Crippen molar-refractivity contribution >= 4 is 0 Å². The molecule has 0 aromatic carbocycles. The Kier molecular flexibility index (Phi) is 1.86. The first kappa shape index (κ1) is 7.03. The highest BCUT2D eigenvalue weighted by atomic mass is 16.7. The van der Waals surface area contributed by atoms with Gasteiger partial charge in [0.2, 0.25) is 12.6 Å². The topological polar surface area (TPSA) is 27.7 Å². The summed E-state index contributed by atoms with van der Waals surface area (Å²) in [5.41, 5.74) is 0. The van der Waals surface area contributed by atoms with Crippen LogP contribution in [0.15, 0.2) is 48.3 Å². The lowest BCUT2D eigenvalue weighted by molar-refractivity contribution is 0.0770. The summed E-state index contributed by atoms with van der Waals surface area (Å²) in [4.78, 5) is 0. The van der Waals surface area contributed by atoms with Gasteiger partial charge in [-0.2, -0.15) is 0 Å². The molecule has 12 heavy (non-hydrogen) atoms. The standard InChI is InChI=1S/C9H8O3/c1-2-4-8(11-5-3-1)9-6-10-7-12-9/h1-6H,7H2. The second-order valence-corrected chi connectivity index (χ2v) is 2.27. The molecule has 3 heteroatoms. The highest BCUT2D eigenvalue weighted by Gasteiger charge is 2.12. The number of ether oxygens (including phenoxy) is 3. The molecule has 2 rings (SSSR count). The van der Waals surface area contributed by atoms with Gasteiger partial charge in [0.25, 0.3) is 0 Å². The molecule has 0 aromatic rings. The quantitative estimate of drug-likeness (QED) is 0.591. The highest BCUT2D eigenvalue weighted by molar-refractivity contribution is 5.27. The third-order valence-corrected chi connectivity index (χ3v) is 1.46. The van der Waals surface area contributed by atoms with Gasteiger partial charge in [-0.3, -0.25) is 0 Å². The molecule has 2 aliphatic rings. The highest BCUT2D eigenvalue weighted by Crippen LogP contribution is 2.19. The van der Waals surface area contributed by atoms with Crippen LogP contribution in [-0.2, 0) is 14.2 Å². The zero-order valence-corrected chi connectivity index (χ0v) is 6.40. The third-order valence-electron chi connectivity index (χ3n) is 1.46. The van der Waals surface area contributed by atoms with Gasteiger partial charge in [-0.05, 0) is 12.2 Å². The lowest BCUT2D eigenvalue weighted by Gasteiger charge is -2.03. The van der Waals surface area contributed by atoms with Crippen LogP contribution in [0.25, 0.3) is 0 Å². The summed E-state index contributed by atoms with van der Waals surface area (Å²) in [7, 11) is 0. The Morgan fingerprint density at radius 2 is 2.08 bits per heavy atom. The predicted molar refractivity (Wildman–Crippen MR) is 42.6 cm³/mol. The van der Waals surface area contributed by atoms with Gasteiger partial charge in [-0.1, -0.05) is 12.2 Å². The smallest absolute Gasteiger partial charge is 0.230 e.